The summed E-state index contributed by atoms with van der Waals surface area (Å²) in [6, 6.07) is 17.0. The molecule has 0 unspecified atom stereocenters. The highest BCUT2D eigenvalue weighted by Crippen LogP contribution is 2.15. The minimum absolute atomic E-state index is 0.240. The molecule has 0 bridgehead atoms. The summed E-state index contributed by atoms with van der Waals surface area (Å²) in [6.45, 7) is 0.240. The number of nitrogens with zero attached hydrogens (tertiary/aromatic N) is 3. The second kappa shape index (κ2) is 7.00. The molecule has 0 atom stereocenters. The largest absolute Gasteiger partial charge is 0.457 e. The first kappa shape index (κ1) is 15.8. The van der Waals surface area contributed by atoms with E-state index >= 15 is 0 Å². The molecule has 1 heterocycles. The molecule has 3 rings (SSSR count). The number of hydrogen-bond donors (Lipinski definition) is 0. The Kier molecular flexibility index (Phi) is 4.61. The molecule has 0 saturated carbocycles. The van der Waals surface area contributed by atoms with Crippen LogP contribution < -0.4 is 4.90 Å². The van der Waals surface area contributed by atoms with Gasteiger partial charge in [-0.15, -0.1) is 0 Å². The molecule has 0 saturated heterocycles. The maximum atomic E-state index is 12.2. The van der Waals surface area contributed by atoms with E-state index in [-0.39, 0.29) is 12.6 Å². The zero-order chi connectivity index (χ0) is 16.9. The minimum atomic E-state index is -0.324. The molecule has 24 heavy (non-hydrogen) atoms. The van der Waals surface area contributed by atoms with Gasteiger partial charge in [0, 0.05) is 32.2 Å². The van der Waals surface area contributed by atoms with Crippen molar-refractivity contribution in [3.63, 3.8) is 0 Å². The average Bonchev–Trinajstić information content (AvgIpc) is 3.15. The molecule has 0 fully saturated rings. The quantitative estimate of drug-likeness (QED) is 0.677. The summed E-state index contributed by atoms with van der Waals surface area (Å²) >= 11 is 0. The molecule has 0 N–H and O–H groups in total. The van der Waals surface area contributed by atoms with Crippen LogP contribution in [-0.4, -0.2) is 29.8 Å². The van der Waals surface area contributed by atoms with Gasteiger partial charge in [0.15, 0.2) is 0 Å². The molecular weight excluding hydrogens is 302 g/mol. The number of benzene rings is 2. The lowest BCUT2D eigenvalue weighted by molar-refractivity contribution is 0.0473. The molecule has 5 heteroatoms. The second-order valence-electron chi connectivity index (χ2n) is 5.64. The van der Waals surface area contributed by atoms with E-state index in [4.69, 9.17) is 4.74 Å². The first-order chi connectivity index (χ1) is 11.6. The number of rotatable bonds is 5. The third kappa shape index (κ3) is 3.63. The fourth-order valence-electron chi connectivity index (χ4n) is 2.31. The van der Waals surface area contributed by atoms with Crippen LogP contribution >= 0.6 is 0 Å². The van der Waals surface area contributed by atoms with Crippen molar-refractivity contribution >= 4 is 11.7 Å². The van der Waals surface area contributed by atoms with Crippen molar-refractivity contribution in [2.24, 2.45) is 0 Å². The van der Waals surface area contributed by atoms with E-state index in [1.54, 1.807) is 16.9 Å². The van der Waals surface area contributed by atoms with E-state index in [1.807, 2.05) is 73.7 Å². The van der Waals surface area contributed by atoms with Gasteiger partial charge in [-0.2, -0.15) is 5.10 Å². The Morgan fingerprint density at radius 3 is 2.58 bits per heavy atom. The van der Waals surface area contributed by atoms with Crippen LogP contribution in [-0.2, 0) is 11.3 Å². The fraction of sp³-hybridized carbons (Fsp3) is 0.158. The number of ether oxygens (including phenoxy) is 1. The summed E-state index contributed by atoms with van der Waals surface area (Å²) < 4.78 is 7.18. The average molecular weight is 321 g/mol. The number of carbonyl (C=O) groups excluding carboxylic acids is 1. The zero-order valence-corrected chi connectivity index (χ0v) is 13.7. The van der Waals surface area contributed by atoms with E-state index in [0.717, 1.165) is 16.9 Å². The lowest BCUT2D eigenvalue weighted by Gasteiger charge is -2.13. The topological polar surface area (TPSA) is 47.4 Å². The van der Waals surface area contributed by atoms with Crippen LogP contribution in [0, 0.1) is 0 Å². The summed E-state index contributed by atoms with van der Waals surface area (Å²) in [4.78, 5) is 14.1. The number of carbonyl (C=O) groups is 1. The third-order valence-electron chi connectivity index (χ3n) is 3.67. The summed E-state index contributed by atoms with van der Waals surface area (Å²) in [6.07, 6.45) is 3.62. The highest BCUT2D eigenvalue weighted by molar-refractivity contribution is 5.90. The Balaban J connectivity index is 1.63. The van der Waals surface area contributed by atoms with Gasteiger partial charge in [-0.05, 0) is 42.0 Å². The normalized spacial score (nSPS) is 10.4. The van der Waals surface area contributed by atoms with E-state index in [1.165, 1.54) is 0 Å². The van der Waals surface area contributed by atoms with Gasteiger partial charge < -0.3 is 9.64 Å². The van der Waals surface area contributed by atoms with Gasteiger partial charge in [0.1, 0.15) is 6.61 Å². The molecular formula is C19H19N3O2. The third-order valence-corrected chi connectivity index (χ3v) is 3.67. The lowest BCUT2D eigenvalue weighted by atomic mass is 10.2. The minimum Gasteiger partial charge on any atom is -0.457 e. The molecule has 0 spiro atoms. The Morgan fingerprint density at radius 2 is 1.92 bits per heavy atom. The summed E-state index contributed by atoms with van der Waals surface area (Å²) in [5.41, 5.74) is 3.42. The van der Waals surface area contributed by atoms with Crippen molar-refractivity contribution in [1.82, 2.24) is 9.78 Å². The fourth-order valence-corrected chi connectivity index (χ4v) is 2.31. The predicted octanol–water partition coefficient (Wildman–Crippen LogP) is 3.30. The molecule has 2 aromatic carbocycles. The van der Waals surface area contributed by atoms with Crippen molar-refractivity contribution < 1.29 is 9.53 Å². The number of esters is 1. The first-order valence-corrected chi connectivity index (χ1v) is 7.67. The van der Waals surface area contributed by atoms with Crippen molar-refractivity contribution in [3.05, 3.63) is 78.1 Å². The summed E-state index contributed by atoms with van der Waals surface area (Å²) in [5, 5.41) is 4.18. The van der Waals surface area contributed by atoms with Crippen LogP contribution in [0.5, 0.6) is 0 Å². The van der Waals surface area contributed by atoms with E-state index in [0.29, 0.717) is 5.56 Å². The van der Waals surface area contributed by atoms with Gasteiger partial charge in [0.2, 0.25) is 0 Å². The number of aromatic nitrogens is 2. The monoisotopic (exact) mass is 321 g/mol. The van der Waals surface area contributed by atoms with E-state index in [2.05, 4.69) is 5.10 Å². The molecule has 0 aliphatic carbocycles. The van der Waals surface area contributed by atoms with Gasteiger partial charge >= 0.3 is 5.97 Å². The van der Waals surface area contributed by atoms with Gasteiger partial charge in [-0.25, -0.2) is 9.48 Å². The van der Waals surface area contributed by atoms with E-state index < -0.39 is 0 Å². The molecule has 0 aliphatic heterocycles. The van der Waals surface area contributed by atoms with Crippen molar-refractivity contribution in [2.75, 3.05) is 19.0 Å². The smallest absolute Gasteiger partial charge is 0.338 e. The SMILES string of the molecule is CN(C)c1cccc(C(=O)OCc2ccc(-n3cccn3)cc2)c1. The summed E-state index contributed by atoms with van der Waals surface area (Å²) in [7, 11) is 3.87. The highest BCUT2D eigenvalue weighted by Gasteiger charge is 2.09. The molecule has 3 aromatic rings. The highest BCUT2D eigenvalue weighted by atomic mass is 16.5. The second-order valence-corrected chi connectivity index (χ2v) is 5.64. The van der Waals surface area contributed by atoms with Crippen molar-refractivity contribution in [2.45, 2.75) is 6.61 Å². The van der Waals surface area contributed by atoms with Crippen LogP contribution in [0.25, 0.3) is 5.69 Å². The van der Waals surface area contributed by atoms with Gasteiger partial charge in [-0.3, -0.25) is 0 Å². The standard InChI is InChI=1S/C19H19N3O2/c1-21(2)18-6-3-5-16(13-18)19(23)24-14-15-7-9-17(10-8-15)22-12-4-11-20-22/h3-13H,14H2,1-2H3. The summed E-state index contributed by atoms with van der Waals surface area (Å²) in [5.74, 6) is -0.324. The first-order valence-electron chi connectivity index (χ1n) is 7.67. The van der Waals surface area contributed by atoms with E-state index in [9.17, 15) is 4.79 Å². The van der Waals surface area contributed by atoms with Gasteiger partial charge in [0.05, 0.1) is 11.3 Å². The molecule has 0 amide bonds. The van der Waals surface area contributed by atoms with Gasteiger partial charge in [-0.1, -0.05) is 18.2 Å². The van der Waals surface area contributed by atoms with Crippen LogP contribution in [0.4, 0.5) is 5.69 Å². The van der Waals surface area contributed by atoms with Crippen LogP contribution in [0.15, 0.2) is 67.0 Å². The molecule has 0 radical (unpaired) electrons. The number of hydrogen-bond acceptors (Lipinski definition) is 4. The van der Waals surface area contributed by atoms with Crippen molar-refractivity contribution in [1.29, 1.82) is 0 Å². The zero-order valence-electron chi connectivity index (χ0n) is 13.7. The number of anilines is 1. The Hall–Kier alpha value is -3.08. The Bertz CT molecular complexity index is 809. The predicted molar refractivity (Wildman–Crippen MR) is 93.5 cm³/mol. The Labute approximate surface area is 141 Å². The van der Waals surface area contributed by atoms with Crippen LogP contribution in [0.3, 0.4) is 0 Å². The maximum absolute atomic E-state index is 12.2. The maximum Gasteiger partial charge on any atom is 0.338 e. The lowest BCUT2D eigenvalue weighted by Crippen LogP contribution is -2.11. The van der Waals surface area contributed by atoms with Gasteiger partial charge in [0.25, 0.3) is 0 Å². The Morgan fingerprint density at radius 1 is 1.12 bits per heavy atom. The molecule has 122 valence electrons. The molecule has 5 nitrogen and oxygen atoms in total. The molecule has 0 aliphatic rings. The van der Waals surface area contributed by atoms with Crippen LogP contribution in [0.1, 0.15) is 15.9 Å². The van der Waals surface area contributed by atoms with Crippen LogP contribution in [0.2, 0.25) is 0 Å². The van der Waals surface area contributed by atoms with Crippen molar-refractivity contribution in [3.8, 4) is 5.69 Å². The molecule has 1 aromatic heterocycles.